The van der Waals surface area contributed by atoms with E-state index in [9.17, 15) is 0 Å². The van der Waals surface area contributed by atoms with E-state index in [2.05, 4.69) is 44.8 Å². The number of nitrogens with zero attached hydrogens (tertiary/aromatic N) is 3. The number of halogens is 1. The van der Waals surface area contributed by atoms with Crippen molar-refractivity contribution in [3.8, 4) is 0 Å². The van der Waals surface area contributed by atoms with Gasteiger partial charge >= 0.3 is 0 Å². The van der Waals surface area contributed by atoms with Gasteiger partial charge in [-0.3, -0.25) is 0 Å². The molecule has 3 rings (SSSR count). The normalized spacial score (nSPS) is 17.9. The largest absolute Gasteiger partial charge is 0.471 e. The van der Waals surface area contributed by atoms with E-state index in [4.69, 9.17) is 10.5 Å². The third kappa shape index (κ3) is 2.65. The van der Waals surface area contributed by atoms with Crippen LogP contribution in [-0.4, -0.2) is 32.8 Å². The number of nitrogen functional groups attached to an aromatic ring is 1. The fourth-order valence-corrected chi connectivity index (χ4v) is 2.55. The Balaban J connectivity index is 1.79. The Bertz CT molecular complexity index is 623. The molecule has 1 aliphatic rings. The van der Waals surface area contributed by atoms with E-state index in [1.54, 1.807) is 10.9 Å². The number of anilines is 1. The number of rotatable bonds is 4. The molecule has 1 unspecified atom stereocenters. The Kier molecular flexibility index (Phi) is 3.90. The first kappa shape index (κ1) is 13.4. The number of nitrogens with two attached hydrogens (primary N) is 1. The highest BCUT2D eigenvalue weighted by Gasteiger charge is 2.23. The maximum atomic E-state index is 6.16. The molecule has 20 heavy (non-hydrogen) atoms. The van der Waals surface area contributed by atoms with Crippen LogP contribution >= 0.6 is 22.6 Å². The van der Waals surface area contributed by atoms with Gasteiger partial charge in [0.05, 0.1) is 24.8 Å². The van der Waals surface area contributed by atoms with Gasteiger partial charge in [-0.2, -0.15) is 5.10 Å². The van der Waals surface area contributed by atoms with E-state index < -0.39 is 0 Å². The van der Waals surface area contributed by atoms with Gasteiger partial charge < -0.3 is 10.5 Å². The van der Waals surface area contributed by atoms with Crippen LogP contribution in [0.15, 0.2) is 41.5 Å². The van der Waals surface area contributed by atoms with Crippen molar-refractivity contribution < 1.29 is 4.74 Å². The molecule has 0 amide bonds. The summed E-state index contributed by atoms with van der Waals surface area (Å²) < 4.78 is 8.44. The molecule has 0 saturated carbocycles. The maximum absolute atomic E-state index is 6.16. The number of hydrogen-bond acceptors (Lipinski definition) is 4. The van der Waals surface area contributed by atoms with Crippen LogP contribution < -0.4 is 5.73 Å². The van der Waals surface area contributed by atoms with Crippen LogP contribution in [0.3, 0.4) is 0 Å². The average molecular weight is 382 g/mol. The number of alkyl halides is 1. The predicted octanol–water partition coefficient (Wildman–Crippen LogP) is 2.09. The van der Waals surface area contributed by atoms with Crippen LogP contribution in [0.5, 0.6) is 0 Å². The highest BCUT2D eigenvalue weighted by Crippen LogP contribution is 2.19. The first-order chi connectivity index (χ1) is 9.78. The zero-order valence-corrected chi connectivity index (χ0v) is 13.0. The zero-order chi connectivity index (χ0) is 13.9. The molecule has 2 heterocycles. The molecule has 0 aliphatic carbocycles. The van der Waals surface area contributed by atoms with Crippen molar-refractivity contribution in [2.45, 2.75) is 12.6 Å². The van der Waals surface area contributed by atoms with Crippen molar-refractivity contribution in [2.75, 3.05) is 16.7 Å². The van der Waals surface area contributed by atoms with Crippen molar-refractivity contribution in [1.82, 2.24) is 9.78 Å². The first-order valence-electron chi connectivity index (χ1n) is 6.40. The second-order valence-corrected chi connectivity index (χ2v) is 5.51. The first-order valence-corrected chi connectivity index (χ1v) is 7.93. The molecule has 5 nitrogen and oxygen atoms in total. The van der Waals surface area contributed by atoms with Gasteiger partial charge in [0.15, 0.2) is 0 Å². The quantitative estimate of drug-likeness (QED) is 0.651. The lowest BCUT2D eigenvalue weighted by Gasteiger charge is -2.08. The lowest BCUT2D eigenvalue weighted by atomic mass is 10.2. The smallest absolute Gasteiger partial charge is 0.222 e. The molecule has 1 aromatic heterocycles. The number of hydrogen-bond donors (Lipinski definition) is 1. The fourth-order valence-electron chi connectivity index (χ4n) is 2.09. The second kappa shape index (κ2) is 5.82. The summed E-state index contributed by atoms with van der Waals surface area (Å²) in [7, 11) is 0. The molecule has 0 bridgehead atoms. The van der Waals surface area contributed by atoms with E-state index in [-0.39, 0.29) is 6.10 Å². The summed E-state index contributed by atoms with van der Waals surface area (Å²) in [6.07, 6.45) is 1.88. The third-order valence-corrected chi connectivity index (χ3v) is 4.16. The summed E-state index contributed by atoms with van der Waals surface area (Å²) in [6, 6.07) is 10.1. The van der Waals surface area contributed by atoms with Gasteiger partial charge in [-0.1, -0.05) is 52.9 Å². The molecule has 1 aliphatic heterocycles. The minimum Gasteiger partial charge on any atom is -0.471 e. The van der Waals surface area contributed by atoms with E-state index in [1.807, 2.05) is 18.2 Å². The molecule has 1 aromatic carbocycles. The van der Waals surface area contributed by atoms with Crippen molar-refractivity contribution in [3.05, 3.63) is 47.7 Å². The Morgan fingerprint density at radius 2 is 2.15 bits per heavy atom. The minimum atomic E-state index is 0.155. The highest BCUT2D eigenvalue weighted by atomic mass is 127. The highest BCUT2D eigenvalue weighted by molar-refractivity contribution is 14.1. The van der Waals surface area contributed by atoms with Gasteiger partial charge in [0.1, 0.15) is 11.9 Å². The number of aromatic nitrogens is 2. The molecule has 0 saturated heterocycles. The van der Waals surface area contributed by atoms with Crippen molar-refractivity contribution in [1.29, 1.82) is 0 Å². The summed E-state index contributed by atoms with van der Waals surface area (Å²) in [5.74, 6) is 1.21. The van der Waals surface area contributed by atoms with Crippen LogP contribution in [0, 0.1) is 0 Å². The standard InChI is InChI=1S/C14H15IN4O/c15-6-11-7-17-14(20-11)12-8-18-19(13(12)16)9-10-4-2-1-3-5-10/h1-5,8,11H,6-7,9,16H2. The maximum Gasteiger partial charge on any atom is 0.222 e. The Labute approximate surface area is 131 Å². The van der Waals surface area contributed by atoms with Crippen LogP contribution in [0.25, 0.3) is 0 Å². The van der Waals surface area contributed by atoms with Crippen LogP contribution in [-0.2, 0) is 11.3 Å². The van der Waals surface area contributed by atoms with Crippen molar-refractivity contribution in [3.63, 3.8) is 0 Å². The van der Waals surface area contributed by atoms with Gasteiger partial charge in [-0.05, 0) is 5.56 Å². The lowest BCUT2D eigenvalue weighted by Crippen LogP contribution is -2.15. The molecule has 0 radical (unpaired) electrons. The number of aliphatic imine (C=N–C) groups is 1. The SMILES string of the molecule is Nc1c(C2=NCC(CI)O2)cnn1Cc1ccccc1. The second-order valence-electron chi connectivity index (χ2n) is 4.63. The molecule has 0 fully saturated rings. The number of benzene rings is 1. The Morgan fingerprint density at radius 3 is 2.85 bits per heavy atom. The third-order valence-electron chi connectivity index (χ3n) is 3.17. The molecular formula is C14H15IN4O. The Morgan fingerprint density at radius 1 is 1.35 bits per heavy atom. The summed E-state index contributed by atoms with van der Waals surface area (Å²) in [5.41, 5.74) is 8.10. The monoisotopic (exact) mass is 382 g/mol. The molecule has 0 spiro atoms. The van der Waals surface area contributed by atoms with E-state index in [0.29, 0.717) is 24.8 Å². The molecule has 2 N–H and O–H groups in total. The van der Waals surface area contributed by atoms with E-state index >= 15 is 0 Å². The lowest BCUT2D eigenvalue weighted by molar-refractivity contribution is 0.254. The minimum absolute atomic E-state index is 0.155. The van der Waals surface area contributed by atoms with Crippen molar-refractivity contribution in [2.24, 2.45) is 4.99 Å². The number of ether oxygens (including phenoxy) is 1. The predicted molar refractivity (Wildman–Crippen MR) is 87.3 cm³/mol. The molecule has 2 aromatic rings. The summed E-state index contributed by atoms with van der Waals surface area (Å²) in [4.78, 5) is 4.40. The van der Waals surface area contributed by atoms with Crippen LogP contribution in [0.4, 0.5) is 5.82 Å². The summed E-state index contributed by atoms with van der Waals surface area (Å²) in [5, 5.41) is 4.34. The average Bonchev–Trinajstić information content (AvgIpc) is 3.08. The van der Waals surface area contributed by atoms with Crippen LogP contribution in [0.1, 0.15) is 11.1 Å². The summed E-state index contributed by atoms with van der Waals surface area (Å²) >= 11 is 2.30. The molecule has 104 valence electrons. The Hall–Kier alpha value is -1.57. The molecule has 6 heteroatoms. The van der Waals surface area contributed by atoms with Crippen LogP contribution in [0.2, 0.25) is 0 Å². The van der Waals surface area contributed by atoms with Crippen molar-refractivity contribution >= 4 is 34.3 Å². The van der Waals surface area contributed by atoms with Gasteiger partial charge in [0, 0.05) is 4.43 Å². The van der Waals surface area contributed by atoms with Gasteiger partial charge in [-0.15, -0.1) is 0 Å². The van der Waals surface area contributed by atoms with E-state index in [0.717, 1.165) is 15.6 Å². The van der Waals surface area contributed by atoms with E-state index in [1.165, 1.54) is 0 Å². The molecular weight excluding hydrogens is 367 g/mol. The van der Waals surface area contributed by atoms with Gasteiger partial charge in [-0.25, -0.2) is 9.67 Å². The fraction of sp³-hybridized carbons (Fsp3) is 0.286. The molecule has 1 atom stereocenters. The topological polar surface area (TPSA) is 65.4 Å². The van der Waals surface area contributed by atoms with Gasteiger partial charge in [0.25, 0.3) is 0 Å². The zero-order valence-electron chi connectivity index (χ0n) is 10.9. The summed E-state index contributed by atoms with van der Waals surface area (Å²) in [6.45, 7) is 1.34. The van der Waals surface area contributed by atoms with Gasteiger partial charge in [0.2, 0.25) is 5.90 Å².